The van der Waals surface area contributed by atoms with Gasteiger partial charge in [0.2, 0.25) is 0 Å². The van der Waals surface area contributed by atoms with E-state index in [-0.39, 0.29) is 4.60 Å². The molecule has 0 saturated heterocycles. The van der Waals surface area contributed by atoms with Crippen LogP contribution in [0.3, 0.4) is 0 Å². The van der Waals surface area contributed by atoms with Crippen molar-refractivity contribution in [3.8, 4) is 0 Å². The fraction of sp³-hybridized carbons (Fsp3) is 0.286. The van der Waals surface area contributed by atoms with Crippen LogP contribution in [-0.4, -0.2) is 4.98 Å². The van der Waals surface area contributed by atoms with Crippen LogP contribution in [0.15, 0.2) is 15.3 Å². The lowest BCUT2D eigenvalue weighted by Gasteiger charge is -2.12. The highest BCUT2D eigenvalue weighted by atomic mass is 79.9. The summed E-state index contributed by atoms with van der Waals surface area (Å²) in [5.41, 5.74) is -2.02. The molecule has 0 aliphatic heterocycles. The van der Waals surface area contributed by atoms with Crippen molar-refractivity contribution in [1.29, 1.82) is 0 Å². The summed E-state index contributed by atoms with van der Waals surface area (Å²) in [5.74, 6) is 0. The highest BCUT2D eigenvalue weighted by molar-refractivity contribution is 9.11. The van der Waals surface area contributed by atoms with Gasteiger partial charge in [-0.1, -0.05) is 0 Å². The predicted octanol–water partition coefficient (Wildman–Crippen LogP) is 4.56. The van der Waals surface area contributed by atoms with Crippen LogP contribution in [0.4, 0.5) is 22.0 Å². The molecule has 8 heteroatoms. The van der Waals surface area contributed by atoms with Crippen molar-refractivity contribution in [2.45, 2.75) is 12.6 Å². The number of rotatable bonds is 1. The monoisotopic (exact) mass is 353 g/mol. The third-order valence-electron chi connectivity index (χ3n) is 1.53. The van der Waals surface area contributed by atoms with Crippen LogP contribution in [0, 0.1) is 0 Å². The highest BCUT2D eigenvalue weighted by Crippen LogP contribution is 2.41. The highest BCUT2D eigenvalue weighted by Gasteiger charge is 2.36. The molecule has 1 aromatic rings. The summed E-state index contributed by atoms with van der Waals surface area (Å²) in [7, 11) is 0. The second kappa shape index (κ2) is 4.32. The van der Waals surface area contributed by atoms with Crippen molar-refractivity contribution in [2.24, 2.45) is 0 Å². The lowest BCUT2D eigenvalue weighted by atomic mass is 10.2. The molecule has 1 rings (SSSR count). The van der Waals surface area contributed by atoms with Gasteiger partial charge in [-0.15, -0.1) is 0 Å². The molecule has 0 fully saturated rings. The smallest absolute Gasteiger partial charge is 0.248 e. The number of halogens is 7. The Morgan fingerprint density at radius 3 is 2.13 bits per heavy atom. The van der Waals surface area contributed by atoms with Crippen molar-refractivity contribution in [3.63, 3.8) is 0 Å². The summed E-state index contributed by atoms with van der Waals surface area (Å²) >= 11 is 5.16. The average Bonchev–Trinajstić information content (AvgIpc) is 2.00. The van der Waals surface area contributed by atoms with Gasteiger partial charge in [-0.25, -0.2) is 13.8 Å². The molecule has 0 amide bonds. The molecule has 0 saturated carbocycles. The van der Waals surface area contributed by atoms with Gasteiger partial charge in [0.05, 0.1) is 11.1 Å². The maximum atomic E-state index is 12.4. The Morgan fingerprint density at radius 1 is 1.20 bits per heavy atom. The normalized spacial score (nSPS) is 12.3. The third kappa shape index (κ3) is 2.66. The fourth-order valence-corrected chi connectivity index (χ4v) is 2.29. The van der Waals surface area contributed by atoms with Gasteiger partial charge in [0.25, 0.3) is 6.43 Å². The minimum Gasteiger partial charge on any atom is -0.248 e. The lowest BCUT2D eigenvalue weighted by Crippen LogP contribution is -2.09. The molecule has 0 aromatic carbocycles. The van der Waals surface area contributed by atoms with Crippen molar-refractivity contribution >= 4 is 31.9 Å². The largest absolute Gasteiger partial charge is 0.418 e. The van der Waals surface area contributed by atoms with Crippen LogP contribution in [-0.2, 0) is 6.18 Å². The number of alkyl halides is 5. The van der Waals surface area contributed by atoms with E-state index < -0.39 is 28.2 Å². The zero-order chi connectivity index (χ0) is 11.8. The molecule has 1 aromatic heterocycles. The van der Waals surface area contributed by atoms with E-state index in [4.69, 9.17) is 0 Å². The molecule has 84 valence electrons. The quantitative estimate of drug-likeness (QED) is 0.532. The van der Waals surface area contributed by atoms with Gasteiger partial charge in [0.1, 0.15) is 4.60 Å². The van der Waals surface area contributed by atoms with E-state index in [0.29, 0.717) is 6.20 Å². The van der Waals surface area contributed by atoms with E-state index in [1.165, 1.54) is 0 Å². The molecule has 0 bridgehead atoms. The molecule has 0 aliphatic rings. The first-order chi connectivity index (χ1) is 6.75. The number of nitrogens with zero attached hydrogens (tertiary/aromatic N) is 1. The topological polar surface area (TPSA) is 12.9 Å². The Balaban J connectivity index is 3.42. The van der Waals surface area contributed by atoms with Crippen LogP contribution >= 0.6 is 31.9 Å². The molecule has 0 spiro atoms. The molecule has 0 N–H and O–H groups in total. The summed E-state index contributed by atoms with van der Waals surface area (Å²) in [6, 6.07) is 0. The SMILES string of the molecule is FC(F)c1c(Br)ncc(C(F)(F)F)c1Br. The van der Waals surface area contributed by atoms with Crippen molar-refractivity contribution in [2.75, 3.05) is 0 Å². The summed E-state index contributed by atoms with van der Waals surface area (Å²) in [5, 5.41) is 0. The van der Waals surface area contributed by atoms with Gasteiger partial charge in [0, 0.05) is 10.7 Å². The molecular formula is C7H2Br2F5N. The zero-order valence-corrected chi connectivity index (χ0v) is 9.92. The van der Waals surface area contributed by atoms with Gasteiger partial charge < -0.3 is 0 Å². The fourth-order valence-electron chi connectivity index (χ4n) is 0.867. The Hall–Kier alpha value is -0.240. The summed E-state index contributed by atoms with van der Waals surface area (Å²) in [6.45, 7) is 0. The van der Waals surface area contributed by atoms with Crippen LogP contribution in [0.25, 0.3) is 0 Å². The summed E-state index contributed by atoms with van der Waals surface area (Å²) in [6.07, 6.45) is -7.26. The van der Waals surface area contributed by atoms with Gasteiger partial charge in [-0.3, -0.25) is 0 Å². The van der Waals surface area contributed by atoms with E-state index in [1.807, 2.05) is 0 Å². The Labute approximate surface area is 97.9 Å². The van der Waals surface area contributed by atoms with Crippen molar-refractivity contribution < 1.29 is 22.0 Å². The van der Waals surface area contributed by atoms with Crippen LogP contribution < -0.4 is 0 Å². The molecule has 15 heavy (non-hydrogen) atoms. The van der Waals surface area contributed by atoms with Crippen molar-refractivity contribution in [3.05, 3.63) is 26.4 Å². The maximum absolute atomic E-state index is 12.4. The first-order valence-corrected chi connectivity index (χ1v) is 5.03. The van der Waals surface area contributed by atoms with Crippen LogP contribution in [0.1, 0.15) is 17.6 Å². The number of hydrogen-bond donors (Lipinski definition) is 0. The Morgan fingerprint density at radius 2 is 1.73 bits per heavy atom. The number of aromatic nitrogens is 1. The van der Waals surface area contributed by atoms with E-state index in [2.05, 4.69) is 36.8 Å². The molecular weight excluding hydrogens is 353 g/mol. The molecule has 0 atom stereocenters. The minimum atomic E-state index is -4.71. The Kier molecular flexibility index (Phi) is 3.70. The minimum absolute atomic E-state index is 0.308. The molecule has 0 unspecified atom stereocenters. The van der Waals surface area contributed by atoms with E-state index in [1.54, 1.807) is 0 Å². The molecule has 0 radical (unpaired) electrons. The van der Waals surface area contributed by atoms with E-state index >= 15 is 0 Å². The molecule has 0 aliphatic carbocycles. The Bertz CT molecular complexity index is 376. The first-order valence-electron chi connectivity index (χ1n) is 3.44. The standard InChI is InChI=1S/C7H2Br2F5N/c8-4-2(7(12,13)14)1-15-5(9)3(4)6(10)11/h1,6H. The molecule has 1 heterocycles. The third-order valence-corrected chi connectivity index (χ3v) is 3.01. The van der Waals surface area contributed by atoms with Gasteiger partial charge in [-0.05, 0) is 31.9 Å². The second-order valence-corrected chi connectivity index (χ2v) is 4.03. The van der Waals surface area contributed by atoms with E-state index in [0.717, 1.165) is 0 Å². The van der Waals surface area contributed by atoms with Gasteiger partial charge in [0.15, 0.2) is 0 Å². The van der Waals surface area contributed by atoms with E-state index in [9.17, 15) is 22.0 Å². The number of hydrogen-bond acceptors (Lipinski definition) is 1. The first kappa shape index (κ1) is 12.8. The van der Waals surface area contributed by atoms with Gasteiger partial charge in [-0.2, -0.15) is 13.2 Å². The molecule has 1 nitrogen and oxygen atoms in total. The lowest BCUT2D eigenvalue weighted by molar-refractivity contribution is -0.138. The summed E-state index contributed by atoms with van der Waals surface area (Å²) < 4.78 is 60.7. The second-order valence-electron chi connectivity index (χ2n) is 2.49. The zero-order valence-electron chi connectivity index (χ0n) is 6.75. The number of pyridine rings is 1. The van der Waals surface area contributed by atoms with Crippen LogP contribution in [0.2, 0.25) is 0 Å². The van der Waals surface area contributed by atoms with Crippen LogP contribution in [0.5, 0.6) is 0 Å². The average molecular weight is 355 g/mol. The summed E-state index contributed by atoms with van der Waals surface area (Å²) in [4.78, 5) is 3.21. The maximum Gasteiger partial charge on any atom is 0.418 e. The van der Waals surface area contributed by atoms with Gasteiger partial charge >= 0.3 is 6.18 Å². The predicted molar refractivity (Wildman–Crippen MR) is 49.6 cm³/mol. The van der Waals surface area contributed by atoms with Crippen molar-refractivity contribution in [1.82, 2.24) is 4.98 Å².